The maximum absolute atomic E-state index is 13.2. The number of carboxylic acid groups (broad SMARTS) is 2. The molecule has 38 heavy (non-hydrogen) atoms. The molecule has 0 radical (unpaired) electrons. The minimum absolute atomic E-state index is 0.00458. The summed E-state index contributed by atoms with van der Waals surface area (Å²) in [5, 5.41) is 17.8. The van der Waals surface area contributed by atoms with Crippen molar-refractivity contribution in [2.75, 3.05) is 0 Å². The van der Waals surface area contributed by atoms with Crippen molar-refractivity contribution in [3.8, 4) is 22.3 Å². The van der Waals surface area contributed by atoms with E-state index >= 15 is 0 Å². The van der Waals surface area contributed by atoms with Crippen molar-refractivity contribution < 1.29 is 33.0 Å². The van der Waals surface area contributed by atoms with E-state index in [-0.39, 0.29) is 11.1 Å². The SMILES string of the molecule is CCc1ccccc1-c1ccc(C(=O)O)cc1C(F)(F)F.Cc1ccccc1-c1ccc(C(=O)O)cc1C. The van der Waals surface area contributed by atoms with E-state index in [0.717, 1.165) is 22.3 Å². The number of benzene rings is 4. The topological polar surface area (TPSA) is 74.6 Å². The van der Waals surface area contributed by atoms with Gasteiger partial charge in [0.05, 0.1) is 16.7 Å². The van der Waals surface area contributed by atoms with E-state index in [1.54, 1.807) is 36.4 Å². The molecule has 0 saturated heterocycles. The van der Waals surface area contributed by atoms with Gasteiger partial charge < -0.3 is 10.2 Å². The van der Waals surface area contributed by atoms with E-state index in [1.807, 2.05) is 32.0 Å². The summed E-state index contributed by atoms with van der Waals surface area (Å²) in [4.78, 5) is 21.8. The maximum atomic E-state index is 13.2. The molecule has 0 bridgehead atoms. The Kier molecular flexibility index (Phi) is 8.73. The minimum Gasteiger partial charge on any atom is -0.478 e. The van der Waals surface area contributed by atoms with Crippen LogP contribution in [0.4, 0.5) is 13.2 Å². The van der Waals surface area contributed by atoms with Crippen molar-refractivity contribution in [3.05, 3.63) is 118 Å². The van der Waals surface area contributed by atoms with Gasteiger partial charge >= 0.3 is 18.1 Å². The smallest absolute Gasteiger partial charge is 0.417 e. The highest BCUT2D eigenvalue weighted by molar-refractivity contribution is 5.90. The lowest BCUT2D eigenvalue weighted by molar-refractivity contribution is -0.137. The summed E-state index contributed by atoms with van der Waals surface area (Å²) < 4.78 is 39.7. The molecule has 7 heteroatoms. The normalized spacial score (nSPS) is 10.9. The number of rotatable bonds is 5. The Morgan fingerprint density at radius 2 is 1.16 bits per heavy atom. The van der Waals surface area contributed by atoms with Crippen molar-refractivity contribution in [2.24, 2.45) is 0 Å². The van der Waals surface area contributed by atoms with Gasteiger partial charge in [0.1, 0.15) is 0 Å². The summed E-state index contributed by atoms with van der Waals surface area (Å²) in [6.07, 6.45) is -4.02. The van der Waals surface area contributed by atoms with Gasteiger partial charge in [-0.1, -0.05) is 67.6 Å². The molecule has 0 aromatic heterocycles. The van der Waals surface area contributed by atoms with Gasteiger partial charge in [0.25, 0.3) is 0 Å². The lowest BCUT2D eigenvalue weighted by atomic mass is 9.92. The molecule has 0 fully saturated rings. The fourth-order valence-electron chi connectivity index (χ4n) is 4.21. The number of carbonyl (C=O) groups is 2. The Morgan fingerprint density at radius 3 is 1.68 bits per heavy atom. The molecule has 0 aliphatic carbocycles. The second-order valence-electron chi connectivity index (χ2n) is 8.72. The second-order valence-corrected chi connectivity index (χ2v) is 8.72. The molecule has 4 rings (SSSR count). The first-order valence-electron chi connectivity index (χ1n) is 11.9. The van der Waals surface area contributed by atoms with Crippen LogP contribution in [0.3, 0.4) is 0 Å². The number of aromatic carboxylic acids is 2. The van der Waals surface area contributed by atoms with Crippen molar-refractivity contribution in [1.29, 1.82) is 0 Å². The molecule has 0 unspecified atom stereocenters. The van der Waals surface area contributed by atoms with Gasteiger partial charge in [-0.25, -0.2) is 9.59 Å². The third kappa shape index (κ3) is 6.48. The molecule has 0 saturated carbocycles. The molecule has 4 aromatic carbocycles. The molecule has 196 valence electrons. The van der Waals surface area contributed by atoms with Gasteiger partial charge in [0.2, 0.25) is 0 Å². The monoisotopic (exact) mass is 520 g/mol. The van der Waals surface area contributed by atoms with Crippen LogP contribution >= 0.6 is 0 Å². The van der Waals surface area contributed by atoms with E-state index in [0.29, 0.717) is 23.6 Å². The summed E-state index contributed by atoms with van der Waals surface area (Å²) in [5.41, 5.74) is 4.72. The van der Waals surface area contributed by atoms with Crippen LogP contribution < -0.4 is 0 Å². The molecular weight excluding hydrogens is 493 g/mol. The standard InChI is InChI=1S/C16H13F3O2.C15H14O2/c1-2-10-5-3-4-6-12(10)13-8-7-11(15(20)21)9-14(13)16(17,18)19;1-10-5-3-4-6-13(10)14-8-7-12(15(16)17)9-11(14)2/h3-9H,2H2,1H3,(H,20,21);3-9H,1-2H3,(H,16,17). The van der Waals surface area contributed by atoms with E-state index in [1.165, 1.54) is 17.7 Å². The largest absolute Gasteiger partial charge is 0.478 e. The van der Waals surface area contributed by atoms with Crippen LogP contribution in [0.25, 0.3) is 22.3 Å². The van der Waals surface area contributed by atoms with Crippen molar-refractivity contribution in [2.45, 2.75) is 33.4 Å². The van der Waals surface area contributed by atoms with Crippen LogP contribution in [0, 0.1) is 13.8 Å². The lowest BCUT2D eigenvalue weighted by Gasteiger charge is -2.16. The number of aryl methyl sites for hydroxylation is 3. The molecule has 0 aliphatic heterocycles. The molecule has 4 nitrogen and oxygen atoms in total. The van der Waals surface area contributed by atoms with Gasteiger partial charge in [0, 0.05) is 0 Å². The Hall–Kier alpha value is -4.39. The maximum Gasteiger partial charge on any atom is 0.417 e. The van der Waals surface area contributed by atoms with Crippen LogP contribution in [-0.4, -0.2) is 22.2 Å². The van der Waals surface area contributed by atoms with Gasteiger partial charge in [-0.2, -0.15) is 13.2 Å². The second kappa shape index (κ2) is 11.8. The molecule has 4 aromatic rings. The van der Waals surface area contributed by atoms with E-state index in [4.69, 9.17) is 10.2 Å². The number of carboxylic acids is 2. The van der Waals surface area contributed by atoms with Gasteiger partial charge in [-0.05, 0) is 83.5 Å². The van der Waals surface area contributed by atoms with Crippen LogP contribution in [0.15, 0.2) is 84.9 Å². The average Bonchev–Trinajstić information content (AvgIpc) is 2.88. The first-order valence-corrected chi connectivity index (χ1v) is 11.9. The summed E-state index contributed by atoms with van der Waals surface area (Å²) >= 11 is 0. The molecule has 0 heterocycles. The summed E-state index contributed by atoms with van der Waals surface area (Å²) in [7, 11) is 0. The van der Waals surface area contributed by atoms with Crippen LogP contribution in [0.2, 0.25) is 0 Å². The first-order chi connectivity index (χ1) is 17.9. The van der Waals surface area contributed by atoms with Crippen molar-refractivity contribution in [1.82, 2.24) is 0 Å². The fourth-order valence-corrected chi connectivity index (χ4v) is 4.21. The van der Waals surface area contributed by atoms with Crippen molar-refractivity contribution in [3.63, 3.8) is 0 Å². The number of hydrogen-bond acceptors (Lipinski definition) is 2. The van der Waals surface area contributed by atoms with Gasteiger partial charge in [-0.3, -0.25) is 0 Å². The third-order valence-corrected chi connectivity index (χ3v) is 6.17. The highest BCUT2D eigenvalue weighted by atomic mass is 19.4. The molecule has 0 amide bonds. The number of halogens is 3. The third-order valence-electron chi connectivity index (χ3n) is 6.17. The van der Waals surface area contributed by atoms with E-state index < -0.39 is 23.7 Å². The Morgan fingerprint density at radius 1 is 0.658 bits per heavy atom. The predicted molar refractivity (Wildman–Crippen MR) is 142 cm³/mol. The van der Waals surface area contributed by atoms with Crippen molar-refractivity contribution >= 4 is 11.9 Å². The summed E-state index contributed by atoms with van der Waals surface area (Å²) in [5.74, 6) is -2.26. The van der Waals surface area contributed by atoms with E-state index in [2.05, 4.69) is 19.1 Å². The van der Waals surface area contributed by atoms with Gasteiger partial charge in [0.15, 0.2) is 0 Å². The molecule has 2 N–H and O–H groups in total. The fraction of sp³-hybridized carbons (Fsp3) is 0.161. The molecule has 0 atom stereocenters. The van der Waals surface area contributed by atoms with Crippen LogP contribution in [-0.2, 0) is 12.6 Å². The highest BCUT2D eigenvalue weighted by Crippen LogP contribution is 2.39. The quantitative estimate of drug-likeness (QED) is 0.278. The van der Waals surface area contributed by atoms with Gasteiger partial charge in [-0.15, -0.1) is 0 Å². The summed E-state index contributed by atoms with van der Waals surface area (Å²) in [6.45, 7) is 5.85. The molecule has 0 aliphatic rings. The Bertz CT molecular complexity index is 1470. The number of hydrogen-bond donors (Lipinski definition) is 2. The average molecular weight is 521 g/mol. The number of alkyl halides is 3. The minimum atomic E-state index is -4.61. The Balaban J connectivity index is 0.000000215. The molecular formula is C31H27F3O4. The summed E-state index contributed by atoms with van der Waals surface area (Å²) in [6, 6.07) is 23.3. The zero-order chi connectivity index (χ0) is 28.0. The van der Waals surface area contributed by atoms with Crippen LogP contribution in [0.1, 0.15) is 49.9 Å². The zero-order valence-corrected chi connectivity index (χ0v) is 21.1. The predicted octanol–water partition coefficient (Wildman–Crippen LogP) is 8.30. The Labute approximate surface area is 219 Å². The van der Waals surface area contributed by atoms with E-state index in [9.17, 15) is 22.8 Å². The molecule has 0 spiro atoms. The highest BCUT2D eigenvalue weighted by Gasteiger charge is 2.34. The first kappa shape index (κ1) is 28.2. The zero-order valence-electron chi connectivity index (χ0n) is 21.1. The van der Waals surface area contributed by atoms with Crippen LogP contribution in [0.5, 0.6) is 0 Å². The lowest BCUT2D eigenvalue weighted by Crippen LogP contribution is -2.10.